The highest BCUT2D eigenvalue weighted by atomic mass is 15.1. The van der Waals surface area contributed by atoms with E-state index in [4.69, 9.17) is 0 Å². The average Bonchev–Trinajstić information content (AvgIpc) is 2.51. The Labute approximate surface area is 149 Å². The van der Waals surface area contributed by atoms with Gasteiger partial charge >= 0.3 is 0 Å². The number of benzene rings is 1. The molecule has 0 amide bonds. The Kier molecular flexibility index (Phi) is 30.7. The van der Waals surface area contributed by atoms with Crippen molar-refractivity contribution >= 4 is 0 Å². The summed E-state index contributed by atoms with van der Waals surface area (Å²) in [6.45, 7) is 23.3. The zero-order valence-electron chi connectivity index (χ0n) is 16.9. The Morgan fingerprint density at radius 2 is 1.04 bits per heavy atom. The lowest BCUT2D eigenvalue weighted by atomic mass is 9.96. The molecule has 0 aliphatic rings. The van der Waals surface area contributed by atoms with Crippen molar-refractivity contribution in [2.45, 2.75) is 82.6 Å². The van der Waals surface area contributed by atoms with Crippen molar-refractivity contribution in [2.75, 3.05) is 19.6 Å². The van der Waals surface area contributed by atoms with Crippen LogP contribution in [0.3, 0.4) is 0 Å². The Hall–Kier alpha value is -0.820. The highest BCUT2D eigenvalue weighted by Crippen LogP contribution is 2.14. The van der Waals surface area contributed by atoms with Crippen LogP contribution >= 0.6 is 0 Å². The molecule has 0 atom stereocenters. The van der Waals surface area contributed by atoms with Gasteiger partial charge in [0.2, 0.25) is 0 Å². The first-order valence-electron chi connectivity index (χ1n) is 9.13. The maximum atomic E-state index is 2.51. The van der Waals surface area contributed by atoms with Gasteiger partial charge in [-0.25, -0.2) is 0 Å². The monoisotopic (exact) mass is 325 g/mol. The molecule has 1 aromatic carbocycles. The van der Waals surface area contributed by atoms with Gasteiger partial charge in [0.05, 0.1) is 0 Å². The summed E-state index contributed by atoms with van der Waals surface area (Å²) in [7, 11) is 0. The van der Waals surface area contributed by atoms with E-state index in [1.54, 1.807) is 0 Å². The highest BCUT2D eigenvalue weighted by Gasteiger charge is 2.13. The fraction of sp³-hybridized carbons (Fsp3) is 0.727. The molecule has 0 spiro atoms. The summed E-state index contributed by atoms with van der Waals surface area (Å²) >= 11 is 0. The van der Waals surface area contributed by atoms with Gasteiger partial charge in [-0.2, -0.15) is 0 Å². The minimum Gasteiger partial charge on any atom is -0.303 e. The van der Waals surface area contributed by atoms with Crippen molar-refractivity contribution in [1.82, 2.24) is 4.90 Å². The van der Waals surface area contributed by atoms with Crippen LogP contribution < -0.4 is 0 Å². The topological polar surface area (TPSA) is 3.24 Å². The van der Waals surface area contributed by atoms with Crippen LogP contribution in [0.4, 0.5) is 0 Å². The van der Waals surface area contributed by atoms with E-state index in [0.29, 0.717) is 5.41 Å². The van der Waals surface area contributed by atoms with Gasteiger partial charge in [-0.15, -0.1) is 0 Å². The molecule has 1 nitrogen and oxygen atoms in total. The summed E-state index contributed by atoms with van der Waals surface area (Å²) in [5, 5.41) is 0. The summed E-state index contributed by atoms with van der Waals surface area (Å²) in [6, 6.07) is 12.0. The summed E-state index contributed by atoms with van der Waals surface area (Å²) in [5.74, 6) is 0. The first kappa shape index (κ1) is 30.1. The molecule has 0 fully saturated rings. The predicted octanol–water partition coefficient (Wildman–Crippen LogP) is 7.53. The van der Waals surface area contributed by atoms with Crippen LogP contribution in [0.2, 0.25) is 0 Å². The minimum atomic E-state index is 0. The smallest absolute Gasteiger partial charge is 0.00299 e. The molecule has 1 aromatic rings. The van der Waals surface area contributed by atoms with Crippen LogP contribution in [0.1, 0.15) is 82.6 Å². The number of rotatable bonds is 4. The summed E-state index contributed by atoms with van der Waals surface area (Å²) in [5.41, 5.74) is 0.450. The molecule has 0 saturated heterocycles. The van der Waals surface area contributed by atoms with Crippen LogP contribution in [-0.2, 0) is 0 Å². The van der Waals surface area contributed by atoms with Crippen molar-refractivity contribution in [3.8, 4) is 0 Å². The molecule has 0 aromatic heterocycles. The minimum absolute atomic E-state index is 0. The Balaban J connectivity index is -0.000000127. The van der Waals surface area contributed by atoms with Gasteiger partial charge in [0.15, 0.2) is 0 Å². The molecular weight excluding hydrogens is 278 g/mol. The van der Waals surface area contributed by atoms with Crippen molar-refractivity contribution in [1.29, 1.82) is 0 Å². The molecule has 0 radical (unpaired) electrons. The Morgan fingerprint density at radius 1 is 0.739 bits per heavy atom. The molecule has 0 bridgehead atoms. The van der Waals surface area contributed by atoms with Gasteiger partial charge in [0.25, 0.3) is 0 Å². The zero-order valence-corrected chi connectivity index (χ0v) is 16.9. The molecule has 23 heavy (non-hydrogen) atoms. The van der Waals surface area contributed by atoms with E-state index in [1.165, 1.54) is 32.5 Å². The van der Waals surface area contributed by atoms with Gasteiger partial charge in [0.1, 0.15) is 0 Å². The van der Waals surface area contributed by atoms with Crippen LogP contribution in [0, 0.1) is 5.41 Å². The Morgan fingerprint density at radius 3 is 1.22 bits per heavy atom. The first-order valence-corrected chi connectivity index (χ1v) is 9.13. The maximum Gasteiger partial charge on any atom is 0.00299 e. The molecule has 1 heteroatoms. The van der Waals surface area contributed by atoms with Crippen molar-refractivity contribution in [3.05, 3.63) is 36.4 Å². The van der Waals surface area contributed by atoms with Gasteiger partial charge in [-0.1, -0.05) is 113 Å². The van der Waals surface area contributed by atoms with E-state index in [9.17, 15) is 0 Å². The summed E-state index contributed by atoms with van der Waals surface area (Å²) < 4.78 is 0. The van der Waals surface area contributed by atoms with E-state index < -0.39 is 0 Å². The molecule has 140 valence electrons. The van der Waals surface area contributed by atoms with Gasteiger partial charge in [0, 0.05) is 6.54 Å². The molecule has 0 saturated carbocycles. The third kappa shape index (κ3) is 33.8. The van der Waals surface area contributed by atoms with E-state index in [1.807, 2.05) is 50.2 Å². The van der Waals surface area contributed by atoms with Crippen molar-refractivity contribution in [2.24, 2.45) is 5.41 Å². The van der Waals surface area contributed by atoms with Gasteiger partial charge < -0.3 is 4.90 Å². The molecule has 0 aliphatic carbocycles. The standard InChI is InChI=1S/C10H23N.C6H6.C3H8.C2H6.CH4/c1-6-8-11(7-2)9-10(3,4)5;1-2-4-6-5-3-1;1-3-2;1-2;/h6-9H2,1-5H3;1-6H;3H2,1-2H3;1-2H3;1H4. The SMILES string of the molecule is C.CC.CCC.CCCN(CC)CC(C)(C)C.c1ccccc1. The fourth-order valence-electron chi connectivity index (χ4n) is 1.72. The molecule has 0 unspecified atom stereocenters. The van der Waals surface area contributed by atoms with Crippen molar-refractivity contribution in [3.63, 3.8) is 0 Å². The normalized spacial score (nSPS) is 9.13. The van der Waals surface area contributed by atoms with Crippen LogP contribution in [-0.4, -0.2) is 24.5 Å². The third-order valence-corrected chi connectivity index (χ3v) is 2.35. The maximum absolute atomic E-state index is 2.51. The van der Waals surface area contributed by atoms with Crippen molar-refractivity contribution < 1.29 is 0 Å². The predicted molar refractivity (Wildman–Crippen MR) is 112 cm³/mol. The van der Waals surface area contributed by atoms with E-state index >= 15 is 0 Å². The lowest BCUT2D eigenvalue weighted by Gasteiger charge is -2.28. The second kappa shape index (κ2) is 23.4. The quantitative estimate of drug-likeness (QED) is 0.553. The molecule has 1 rings (SSSR count). The summed E-state index contributed by atoms with van der Waals surface area (Å²) in [6.07, 6.45) is 2.52. The summed E-state index contributed by atoms with van der Waals surface area (Å²) in [4.78, 5) is 2.51. The van der Waals surface area contributed by atoms with Gasteiger partial charge in [-0.3, -0.25) is 0 Å². The molecular formula is C22H47N. The Bertz CT molecular complexity index is 234. The van der Waals surface area contributed by atoms with E-state index in [-0.39, 0.29) is 7.43 Å². The number of hydrogen-bond acceptors (Lipinski definition) is 1. The first-order chi connectivity index (χ1) is 10.4. The van der Waals surface area contributed by atoms with Crippen LogP contribution in [0.5, 0.6) is 0 Å². The second-order valence-electron chi connectivity index (χ2n) is 6.29. The van der Waals surface area contributed by atoms with Crippen LogP contribution in [0.15, 0.2) is 36.4 Å². The van der Waals surface area contributed by atoms with Crippen LogP contribution in [0.25, 0.3) is 0 Å². The fourth-order valence-corrected chi connectivity index (χ4v) is 1.72. The zero-order chi connectivity index (χ0) is 17.9. The molecule has 0 heterocycles. The largest absolute Gasteiger partial charge is 0.303 e. The second-order valence-corrected chi connectivity index (χ2v) is 6.29. The lowest BCUT2D eigenvalue weighted by Crippen LogP contribution is -2.33. The van der Waals surface area contributed by atoms with E-state index in [2.05, 4.69) is 53.4 Å². The highest BCUT2D eigenvalue weighted by molar-refractivity contribution is 4.99. The van der Waals surface area contributed by atoms with E-state index in [0.717, 1.165) is 0 Å². The average molecular weight is 326 g/mol. The lowest BCUT2D eigenvalue weighted by molar-refractivity contribution is 0.199. The molecule has 0 N–H and O–H groups in total. The number of hydrogen-bond donors (Lipinski definition) is 0. The molecule has 0 aliphatic heterocycles. The number of nitrogens with zero attached hydrogens (tertiary/aromatic N) is 1. The van der Waals surface area contributed by atoms with Gasteiger partial charge in [-0.05, 0) is 24.9 Å². The third-order valence-electron chi connectivity index (χ3n) is 2.35.